The van der Waals surface area contributed by atoms with Crippen LogP contribution in [-0.2, 0) is 14.6 Å². The molecule has 2 rings (SSSR count). The number of rotatable bonds is 4. The van der Waals surface area contributed by atoms with Crippen LogP contribution in [0.5, 0.6) is 0 Å². The highest BCUT2D eigenvalue weighted by Crippen LogP contribution is 2.32. The van der Waals surface area contributed by atoms with Crippen molar-refractivity contribution in [1.29, 1.82) is 0 Å². The molecular weight excluding hydrogens is 250 g/mol. The van der Waals surface area contributed by atoms with E-state index in [1.54, 1.807) is 0 Å². The zero-order valence-electron chi connectivity index (χ0n) is 11.3. The normalized spacial score (nSPS) is 22.5. The van der Waals surface area contributed by atoms with Gasteiger partial charge < -0.3 is 4.90 Å². The van der Waals surface area contributed by atoms with Gasteiger partial charge in [0, 0.05) is 19.0 Å². The number of carbonyl (C=O) groups excluding carboxylic acids is 1. The monoisotopic (exact) mass is 273 g/mol. The molecule has 18 heavy (non-hydrogen) atoms. The van der Waals surface area contributed by atoms with E-state index in [-0.39, 0.29) is 28.7 Å². The van der Waals surface area contributed by atoms with Crippen molar-refractivity contribution in [2.75, 3.05) is 18.8 Å². The zero-order valence-corrected chi connectivity index (χ0v) is 12.1. The summed E-state index contributed by atoms with van der Waals surface area (Å²) in [5, 5.41) is -0.233. The third kappa shape index (κ3) is 3.25. The third-order valence-electron chi connectivity index (χ3n) is 3.75. The van der Waals surface area contributed by atoms with Crippen LogP contribution in [0.15, 0.2) is 0 Å². The van der Waals surface area contributed by atoms with Gasteiger partial charge in [0.05, 0.1) is 11.0 Å². The topological polar surface area (TPSA) is 54.5 Å². The fraction of sp³-hybridized carbons (Fsp3) is 0.923. The minimum Gasteiger partial charge on any atom is -0.342 e. The number of piperidine rings is 1. The summed E-state index contributed by atoms with van der Waals surface area (Å²) in [6.07, 6.45) is 3.27. The SMILES string of the molecule is CC(C)CS(=O)(=O)C1CCN(C(=O)C2CC2)CC1. The molecule has 4 nitrogen and oxygen atoms in total. The van der Waals surface area contributed by atoms with Crippen LogP contribution in [0, 0.1) is 11.8 Å². The van der Waals surface area contributed by atoms with E-state index in [4.69, 9.17) is 0 Å². The molecule has 0 aromatic rings. The summed E-state index contributed by atoms with van der Waals surface area (Å²) in [5.41, 5.74) is 0. The number of nitrogens with zero attached hydrogens (tertiary/aromatic N) is 1. The number of carbonyl (C=O) groups is 1. The molecule has 0 unspecified atom stereocenters. The Bertz CT molecular complexity index is 404. The van der Waals surface area contributed by atoms with E-state index in [1.807, 2.05) is 18.7 Å². The van der Waals surface area contributed by atoms with Crippen molar-refractivity contribution in [3.8, 4) is 0 Å². The maximum absolute atomic E-state index is 12.1. The molecule has 1 aliphatic carbocycles. The first-order chi connectivity index (χ1) is 8.40. The van der Waals surface area contributed by atoms with Gasteiger partial charge in [-0.3, -0.25) is 4.79 Å². The molecule has 1 aliphatic heterocycles. The Morgan fingerprint density at radius 3 is 2.17 bits per heavy atom. The van der Waals surface area contributed by atoms with Gasteiger partial charge in [-0.15, -0.1) is 0 Å². The van der Waals surface area contributed by atoms with E-state index in [2.05, 4.69) is 0 Å². The van der Waals surface area contributed by atoms with Gasteiger partial charge >= 0.3 is 0 Å². The van der Waals surface area contributed by atoms with Crippen molar-refractivity contribution in [3.05, 3.63) is 0 Å². The molecule has 0 spiro atoms. The third-order valence-corrected chi connectivity index (χ3v) is 6.37. The second kappa shape index (κ2) is 5.19. The van der Waals surface area contributed by atoms with E-state index >= 15 is 0 Å². The van der Waals surface area contributed by atoms with Gasteiger partial charge in [0.15, 0.2) is 9.84 Å². The lowest BCUT2D eigenvalue weighted by Gasteiger charge is -2.32. The number of likely N-dealkylation sites (tertiary alicyclic amines) is 1. The van der Waals surface area contributed by atoms with Crippen molar-refractivity contribution in [3.63, 3.8) is 0 Å². The van der Waals surface area contributed by atoms with E-state index in [9.17, 15) is 13.2 Å². The minimum absolute atomic E-state index is 0.182. The van der Waals surface area contributed by atoms with Gasteiger partial charge in [0.1, 0.15) is 0 Å². The number of sulfone groups is 1. The molecule has 5 heteroatoms. The molecule has 1 saturated carbocycles. The zero-order chi connectivity index (χ0) is 13.3. The van der Waals surface area contributed by atoms with Crippen LogP contribution in [-0.4, -0.2) is 43.3 Å². The van der Waals surface area contributed by atoms with Crippen molar-refractivity contribution in [1.82, 2.24) is 4.90 Å². The highest BCUT2D eigenvalue weighted by Gasteiger charge is 2.37. The highest BCUT2D eigenvalue weighted by molar-refractivity contribution is 7.92. The van der Waals surface area contributed by atoms with Crippen LogP contribution < -0.4 is 0 Å². The van der Waals surface area contributed by atoms with Gasteiger partial charge in [-0.25, -0.2) is 8.42 Å². The number of hydrogen-bond donors (Lipinski definition) is 0. The summed E-state index contributed by atoms with van der Waals surface area (Å²) < 4.78 is 24.2. The van der Waals surface area contributed by atoms with Crippen LogP contribution in [0.4, 0.5) is 0 Å². The molecule has 0 radical (unpaired) electrons. The lowest BCUT2D eigenvalue weighted by molar-refractivity contribution is -0.133. The second-order valence-corrected chi connectivity index (χ2v) is 8.35. The Kier molecular flexibility index (Phi) is 3.99. The Morgan fingerprint density at radius 2 is 1.72 bits per heavy atom. The molecule has 0 bridgehead atoms. The first kappa shape index (κ1) is 13.8. The van der Waals surface area contributed by atoms with Crippen LogP contribution in [0.25, 0.3) is 0 Å². The lowest BCUT2D eigenvalue weighted by Crippen LogP contribution is -2.43. The molecule has 1 amide bonds. The molecule has 2 aliphatic rings. The van der Waals surface area contributed by atoms with Gasteiger partial charge in [0.25, 0.3) is 0 Å². The smallest absolute Gasteiger partial charge is 0.225 e. The fourth-order valence-electron chi connectivity index (χ4n) is 2.62. The summed E-state index contributed by atoms with van der Waals surface area (Å²) in [6, 6.07) is 0. The van der Waals surface area contributed by atoms with E-state index < -0.39 is 9.84 Å². The quantitative estimate of drug-likeness (QED) is 0.779. The lowest BCUT2D eigenvalue weighted by atomic mass is 10.1. The second-order valence-electron chi connectivity index (χ2n) is 6.02. The molecule has 1 saturated heterocycles. The van der Waals surface area contributed by atoms with Gasteiger partial charge in [0.2, 0.25) is 5.91 Å². The first-order valence-electron chi connectivity index (χ1n) is 6.90. The van der Waals surface area contributed by atoms with Crippen molar-refractivity contribution in [2.24, 2.45) is 11.8 Å². The van der Waals surface area contributed by atoms with E-state index in [0.29, 0.717) is 25.9 Å². The largest absolute Gasteiger partial charge is 0.342 e. The Hall–Kier alpha value is -0.580. The molecule has 104 valence electrons. The molecule has 0 atom stereocenters. The number of hydrogen-bond acceptors (Lipinski definition) is 3. The summed E-state index contributed by atoms with van der Waals surface area (Å²) in [5.74, 6) is 0.943. The van der Waals surface area contributed by atoms with Crippen molar-refractivity contribution < 1.29 is 13.2 Å². The predicted molar refractivity (Wildman–Crippen MR) is 71.0 cm³/mol. The van der Waals surface area contributed by atoms with Crippen LogP contribution in [0.2, 0.25) is 0 Å². The summed E-state index contributed by atoms with van der Waals surface area (Å²) in [6.45, 7) is 5.11. The van der Waals surface area contributed by atoms with Crippen LogP contribution in [0.3, 0.4) is 0 Å². The van der Waals surface area contributed by atoms with Gasteiger partial charge in [-0.05, 0) is 31.6 Å². The fourth-order valence-corrected chi connectivity index (χ4v) is 4.75. The highest BCUT2D eigenvalue weighted by atomic mass is 32.2. The summed E-state index contributed by atoms with van der Waals surface area (Å²) in [4.78, 5) is 13.7. The molecule has 0 aromatic heterocycles. The minimum atomic E-state index is -2.97. The molecule has 0 N–H and O–H groups in total. The average molecular weight is 273 g/mol. The van der Waals surface area contributed by atoms with Crippen molar-refractivity contribution >= 4 is 15.7 Å². The van der Waals surface area contributed by atoms with Crippen LogP contribution >= 0.6 is 0 Å². The maximum atomic E-state index is 12.1. The molecule has 0 aromatic carbocycles. The Balaban J connectivity index is 1.87. The Morgan fingerprint density at radius 1 is 1.17 bits per heavy atom. The molecule has 2 fully saturated rings. The van der Waals surface area contributed by atoms with E-state index in [1.165, 1.54) is 0 Å². The Labute approximate surface area is 110 Å². The average Bonchev–Trinajstić information content (AvgIpc) is 3.10. The first-order valence-corrected chi connectivity index (χ1v) is 8.62. The van der Waals surface area contributed by atoms with E-state index in [0.717, 1.165) is 12.8 Å². The van der Waals surface area contributed by atoms with Gasteiger partial charge in [-0.1, -0.05) is 13.8 Å². The van der Waals surface area contributed by atoms with Crippen molar-refractivity contribution in [2.45, 2.75) is 44.8 Å². The standard InChI is InChI=1S/C13H23NO3S/c1-10(2)9-18(16,17)12-5-7-14(8-6-12)13(15)11-3-4-11/h10-12H,3-9H2,1-2H3. The van der Waals surface area contributed by atoms with Crippen LogP contribution in [0.1, 0.15) is 39.5 Å². The number of amides is 1. The predicted octanol–water partition coefficient (Wildman–Crippen LogP) is 1.46. The van der Waals surface area contributed by atoms with Gasteiger partial charge in [-0.2, -0.15) is 0 Å². The maximum Gasteiger partial charge on any atom is 0.225 e. The molecule has 1 heterocycles. The molecular formula is C13H23NO3S. The summed E-state index contributed by atoms with van der Waals surface area (Å²) >= 11 is 0. The summed E-state index contributed by atoms with van der Waals surface area (Å²) in [7, 11) is -2.97.